The van der Waals surface area contributed by atoms with E-state index in [1.165, 1.54) is 34.9 Å². The number of hydrogen-bond donors (Lipinski definition) is 2. The Morgan fingerprint density at radius 3 is 2.90 bits per heavy atom. The van der Waals surface area contributed by atoms with E-state index in [2.05, 4.69) is 48.1 Å². The lowest BCUT2D eigenvalue weighted by molar-refractivity contribution is 0.114. The minimum atomic E-state index is 0.659. The van der Waals surface area contributed by atoms with Crippen molar-refractivity contribution >= 4 is 10.9 Å². The molecule has 3 heteroatoms. The molecule has 114 valence electrons. The van der Waals surface area contributed by atoms with E-state index >= 15 is 0 Å². The Hall–Kier alpha value is -1.32. The molecule has 2 atom stereocenters. The van der Waals surface area contributed by atoms with Crippen LogP contribution < -0.4 is 5.73 Å². The van der Waals surface area contributed by atoms with E-state index < -0.39 is 0 Å². The number of aromatic nitrogens is 1. The van der Waals surface area contributed by atoms with Gasteiger partial charge in [0.15, 0.2) is 0 Å². The van der Waals surface area contributed by atoms with Gasteiger partial charge < -0.3 is 10.7 Å². The Balaban J connectivity index is 1.84. The lowest BCUT2D eigenvalue weighted by atomic mass is 9.93. The minimum Gasteiger partial charge on any atom is -0.361 e. The largest absolute Gasteiger partial charge is 0.361 e. The van der Waals surface area contributed by atoms with Gasteiger partial charge in [-0.25, -0.2) is 0 Å². The highest BCUT2D eigenvalue weighted by molar-refractivity contribution is 5.86. The summed E-state index contributed by atoms with van der Waals surface area (Å²) in [7, 11) is 0. The second-order valence-corrected chi connectivity index (χ2v) is 6.46. The topological polar surface area (TPSA) is 45.0 Å². The summed E-state index contributed by atoms with van der Waals surface area (Å²) in [6.07, 6.45) is 5.82. The van der Waals surface area contributed by atoms with Crippen LogP contribution in [0, 0.1) is 5.92 Å². The molecule has 1 aliphatic rings. The summed E-state index contributed by atoms with van der Waals surface area (Å²) in [6.45, 7) is 7.55. The minimum absolute atomic E-state index is 0.659. The Morgan fingerprint density at radius 1 is 1.29 bits per heavy atom. The number of piperidine rings is 1. The van der Waals surface area contributed by atoms with Crippen molar-refractivity contribution < 1.29 is 0 Å². The lowest BCUT2D eigenvalue weighted by Gasteiger charge is -2.37. The van der Waals surface area contributed by atoms with Gasteiger partial charge in [-0.15, -0.1) is 0 Å². The number of nitrogens with two attached hydrogens (primary N) is 1. The van der Waals surface area contributed by atoms with Gasteiger partial charge in [0.25, 0.3) is 0 Å². The normalized spacial score (nSPS) is 23.8. The highest BCUT2D eigenvalue weighted by atomic mass is 15.2. The number of likely N-dealkylation sites (tertiary alicyclic amines) is 1. The van der Waals surface area contributed by atoms with Gasteiger partial charge in [-0.1, -0.05) is 25.1 Å². The van der Waals surface area contributed by atoms with Crippen molar-refractivity contribution in [3.63, 3.8) is 0 Å². The molecule has 2 unspecified atom stereocenters. The number of para-hydroxylation sites is 1. The molecule has 1 fully saturated rings. The van der Waals surface area contributed by atoms with Crippen LogP contribution in [0.3, 0.4) is 0 Å². The number of benzene rings is 1. The molecule has 3 nitrogen and oxygen atoms in total. The van der Waals surface area contributed by atoms with Gasteiger partial charge in [0.2, 0.25) is 0 Å². The van der Waals surface area contributed by atoms with Gasteiger partial charge in [0, 0.05) is 36.2 Å². The molecule has 1 saturated heterocycles. The number of rotatable bonds is 4. The number of fused-ring (bicyclic) bond motifs is 1. The van der Waals surface area contributed by atoms with E-state index in [1.807, 2.05) is 0 Å². The third-order valence-electron chi connectivity index (χ3n) is 5.08. The average Bonchev–Trinajstić information content (AvgIpc) is 2.92. The Labute approximate surface area is 127 Å². The van der Waals surface area contributed by atoms with Crippen LogP contribution in [0.5, 0.6) is 0 Å². The fourth-order valence-corrected chi connectivity index (χ4v) is 3.59. The number of H-pyrrole nitrogens is 1. The van der Waals surface area contributed by atoms with E-state index in [4.69, 9.17) is 5.73 Å². The van der Waals surface area contributed by atoms with Gasteiger partial charge in [0.05, 0.1) is 0 Å². The highest BCUT2D eigenvalue weighted by Crippen LogP contribution is 2.27. The van der Waals surface area contributed by atoms with E-state index in [0.717, 1.165) is 26.1 Å². The Morgan fingerprint density at radius 2 is 2.14 bits per heavy atom. The van der Waals surface area contributed by atoms with Crippen LogP contribution in [0.2, 0.25) is 0 Å². The van der Waals surface area contributed by atoms with Crippen molar-refractivity contribution in [1.82, 2.24) is 9.88 Å². The van der Waals surface area contributed by atoms with Crippen molar-refractivity contribution in [1.29, 1.82) is 0 Å². The quantitative estimate of drug-likeness (QED) is 0.905. The maximum atomic E-state index is 5.88. The summed E-state index contributed by atoms with van der Waals surface area (Å²) < 4.78 is 0. The van der Waals surface area contributed by atoms with Gasteiger partial charge in [-0.05, 0) is 49.8 Å². The molecule has 0 aliphatic carbocycles. The fraction of sp³-hybridized carbons (Fsp3) is 0.556. The molecule has 21 heavy (non-hydrogen) atoms. The standard InChI is InChI=1S/C18H27N3/c1-3-15-5-4-6-17-16(10-20-18(15)17)12-21-11-14(9-19)8-7-13(21)2/h4-6,10,13-14,20H,3,7-9,11-12,19H2,1-2H3. The molecule has 0 spiro atoms. The van der Waals surface area contributed by atoms with E-state index in [9.17, 15) is 0 Å². The Kier molecular flexibility index (Phi) is 4.32. The van der Waals surface area contributed by atoms with Crippen molar-refractivity contribution in [2.45, 2.75) is 45.7 Å². The molecular weight excluding hydrogens is 258 g/mol. The predicted octanol–water partition coefficient (Wildman–Crippen LogP) is 3.29. The zero-order valence-corrected chi connectivity index (χ0v) is 13.2. The highest BCUT2D eigenvalue weighted by Gasteiger charge is 2.25. The van der Waals surface area contributed by atoms with Crippen LogP contribution in [-0.2, 0) is 13.0 Å². The molecule has 0 saturated carbocycles. The first-order valence-corrected chi connectivity index (χ1v) is 8.24. The zero-order valence-electron chi connectivity index (χ0n) is 13.2. The van der Waals surface area contributed by atoms with Crippen LogP contribution in [0.25, 0.3) is 10.9 Å². The van der Waals surface area contributed by atoms with Gasteiger partial charge >= 0.3 is 0 Å². The van der Waals surface area contributed by atoms with E-state index in [1.54, 1.807) is 0 Å². The third kappa shape index (κ3) is 2.85. The summed E-state index contributed by atoms with van der Waals surface area (Å²) >= 11 is 0. The number of nitrogens with zero attached hydrogens (tertiary/aromatic N) is 1. The molecule has 3 N–H and O–H groups in total. The van der Waals surface area contributed by atoms with Crippen LogP contribution >= 0.6 is 0 Å². The molecule has 0 radical (unpaired) electrons. The van der Waals surface area contributed by atoms with Crippen molar-refractivity contribution in [3.05, 3.63) is 35.5 Å². The smallest absolute Gasteiger partial charge is 0.0489 e. The van der Waals surface area contributed by atoms with Crippen LogP contribution in [0.4, 0.5) is 0 Å². The number of aryl methyl sites for hydroxylation is 1. The van der Waals surface area contributed by atoms with Gasteiger partial charge in [0.1, 0.15) is 0 Å². The first-order valence-electron chi connectivity index (χ1n) is 8.24. The number of hydrogen-bond acceptors (Lipinski definition) is 2. The summed E-state index contributed by atoms with van der Waals surface area (Å²) in [5.41, 5.74) is 10.0. The summed E-state index contributed by atoms with van der Waals surface area (Å²) in [4.78, 5) is 6.09. The summed E-state index contributed by atoms with van der Waals surface area (Å²) in [5.74, 6) is 0.664. The second kappa shape index (κ2) is 6.20. The second-order valence-electron chi connectivity index (χ2n) is 6.46. The molecular formula is C18H27N3. The summed E-state index contributed by atoms with van der Waals surface area (Å²) in [6, 6.07) is 7.30. The lowest BCUT2D eigenvalue weighted by Crippen LogP contribution is -2.43. The van der Waals surface area contributed by atoms with Crippen LogP contribution in [0.1, 0.15) is 37.8 Å². The average molecular weight is 285 g/mol. The first kappa shape index (κ1) is 14.6. The maximum Gasteiger partial charge on any atom is 0.0489 e. The van der Waals surface area contributed by atoms with Gasteiger partial charge in [-0.3, -0.25) is 4.90 Å². The molecule has 1 aromatic carbocycles. The molecule has 0 amide bonds. The maximum absolute atomic E-state index is 5.88. The van der Waals surface area contributed by atoms with Crippen LogP contribution in [-0.4, -0.2) is 29.0 Å². The number of nitrogens with one attached hydrogen (secondary N) is 1. The predicted molar refractivity (Wildman–Crippen MR) is 89.3 cm³/mol. The number of aromatic amines is 1. The first-order chi connectivity index (χ1) is 10.2. The van der Waals surface area contributed by atoms with E-state index in [0.29, 0.717) is 12.0 Å². The molecule has 2 heterocycles. The van der Waals surface area contributed by atoms with Crippen molar-refractivity contribution in [3.8, 4) is 0 Å². The monoisotopic (exact) mass is 285 g/mol. The molecule has 3 rings (SSSR count). The van der Waals surface area contributed by atoms with E-state index in [-0.39, 0.29) is 0 Å². The Bertz CT molecular complexity index is 602. The molecule has 0 bridgehead atoms. The molecule has 1 aromatic heterocycles. The molecule has 1 aliphatic heterocycles. The third-order valence-corrected chi connectivity index (χ3v) is 5.08. The summed E-state index contributed by atoms with van der Waals surface area (Å²) in [5, 5.41) is 1.39. The van der Waals surface area contributed by atoms with Crippen molar-refractivity contribution in [2.24, 2.45) is 11.7 Å². The van der Waals surface area contributed by atoms with Gasteiger partial charge in [-0.2, -0.15) is 0 Å². The van der Waals surface area contributed by atoms with Crippen LogP contribution in [0.15, 0.2) is 24.4 Å². The molecule has 2 aromatic rings. The zero-order chi connectivity index (χ0) is 14.8. The SMILES string of the molecule is CCc1cccc2c(CN3CC(CN)CCC3C)c[nH]c12. The van der Waals surface area contributed by atoms with Crippen molar-refractivity contribution in [2.75, 3.05) is 13.1 Å². The fourth-order valence-electron chi connectivity index (χ4n) is 3.59.